The van der Waals surface area contributed by atoms with Crippen LogP contribution in [-0.4, -0.2) is 37.2 Å². The Morgan fingerprint density at radius 2 is 1.88 bits per heavy atom. The predicted molar refractivity (Wildman–Crippen MR) is 92.9 cm³/mol. The number of carbonyl (C=O) groups is 3. The Kier molecular flexibility index (Phi) is 7.42. The lowest BCUT2D eigenvalue weighted by Crippen LogP contribution is -2.41. The van der Waals surface area contributed by atoms with Crippen molar-refractivity contribution in [3.05, 3.63) is 35.4 Å². The third kappa shape index (κ3) is 8.19. The van der Waals surface area contributed by atoms with Gasteiger partial charge >= 0.3 is 12.1 Å². The second kappa shape index (κ2) is 9.05. The van der Waals surface area contributed by atoms with E-state index in [1.165, 1.54) is 7.11 Å². The van der Waals surface area contributed by atoms with Crippen molar-refractivity contribution in [1.82, 2.24) is 10.6 Å². The Balaban J connectivity index is 2.69. The van der Waals surface area contributed by atoms with Crippen LogP contribution in [0.2, 0.25) is 0 Å². The topological polar surface area (TPSA) is 93.7 Å². The summed E-state index contributed by atoms with van der Waals surface area (Å²) in [5.41, 5.74) is 1.15. The van der Waals surface area contributed by atoms with E-state index >= 15 is 0 Å². The van der Waals surface area contributed by atoms with Crippen LogP contribution in [0.1, 0.15) is 44.4 Å². The molecule has 0 bridgehead atoms. The highest BCUT2D eigenvalue weighted by atomic mass is 16.6. The molecule has 0 spiro atoms. The number of carbonyl (C=O) groups excluding carboxylic acids is 3. The summed E-state index contributed by atoms with van der Waals surface area (Å²) in [6, 6.07) is 6.93. The van der Waals surface area contributed by atoms with E-state index in [1.54, 1.807) is 20.8 Å². The van der Waals surface area contributed by atoms with Gasteiger partial charge in [-0.1, -0.05) is 29.8 Å². The molecule has 1 atom stereocenters. The van der Waals surface area contributed by atoms with E-state index in [1.807, 2.05) is 31.2 Å². The van der Waals surface area contributed by atoms with Gasteiger partial charge in [-0.3, -0.25) is 9.59 Å². The van der Waals surface area contributed by atoms with Gasteiger partial charge in [0.1, 0.15) is 12.1 Å². The Morgan fingerprint density at radius 3 is 2.44 bits per heavy atom. The van der Waals surface area contributed by atoms with Crippen LogP contribution in [0.3, 0.4) is 0 Å². The normalized spacial score (nSPS) is 12.0. The third-order valence-electron chi connectivity index (χ3n) is 3.17. The second-order valence-electron chi connectivity index (χ2n) is 6.67. The van der Waals surface area contributed by atoms with E-state index < -0.39 is 29.6 Å². The summed E-state index contributed by atoms with van der Waals surface area (Å²) in [5.74, 6) is -0.867. The molecule has 1 rings (SSSR count). The molecule has 0 aliphatic heterocycles. The van der Waals surface area contributed by atoms with E-state index in [0.717, 1.165) is 11.1 Å². The van der Waals surface area contributed by atoms with Crippen molar-refractivity contribution in [2.24, 2.45) is 0 Å². The first-order valence-corrected chi connectivity index (χ1v) is 8.00. The standard InChI is InChI=1S/C18H26N2O5/c1-12-7-6-8-13(9-12)14(10-16(22)24-5)20-15(21)11-19-17(23)25-18(2,3)4/h6-9,14H,10-11H2,1-5H3,(H,19,23)(H,20,21)/t14-/m0/s1. The molecule has 0 saturated carbocycles. The number of amides is 2. The smallest absolute Gasteiger partial charge is 0.408 e. The molecule has 1 aromatic carbocycles. The average Bonchev–Trinajstić information content (AvgIpc) is 2.50. The molecule has 0 aliphatic carbocycles. The van der Waals surface area contributed by atoms with Crippen LogP contribution in [0.25, 0.3) is 0 Å². The molecule has 0 aliphatic rings. The average molecular weight is 350 g/mol. The van der Waals surface area contributed by atoms with Gasteiger partial charge in [0.15, 0.2) is 0 Å². The molecule has 0 unspecified atom stereocenters. The number of methoxy groups -OCH3 is 1. The van der Waals surface area contributed by atoms with Gasteiger partial charge in [0.25, 0.3) is 0 Å². The van der Waals surface area contributed by atoms with Gasteiger partial charge in [-0.05, 0) is 33.3 Å². The summed E-state index contributed by atoms with van der Waals surface area (Å²) in [6.07, 6.45) is -0.680. The maximum absolute atomic E-state index is 12.1. The van der Waals surface area contributed by atoms with Gasteiger partial charge in [-0.2, -0.15) is 0 Å². The van der Waals surface area contributed by atoms with Crippen LogP contribution in [0.15, 0.2) is 24.3 Å². The van der Waals surface area contributed by atoms with Crippen LogP contribution in [0, 0.1) is 6.92 Å². The first-order valence-electron chi connectivity index (χ1n) is 8.00. The number of hydrogen-bond donors (Lipinski definition) is 2. The van der Waals surface area contributed by atoms with Gasteiger partial charge in [-0.25, -0.2) is 4.79 Å². The zero-order valence-electron chi connectivity index (χ0n) is 15.3. The predicted octanol–water partition coefficient (Wildman–Crippen LogP) is 2.24. The molecule has 7 nitrogen and oxygen atoms in total. The van der Waals surface area contributed by atoms with Gasteiger partial charge in [0.2, 0.25) is 5.91 Å². The maximum atomic E-state index is 12.1. The summed E-state index contributed by atoms with van der Waals surface area (Å²) < 4.78 is 9.76. The van der Waals surface area contributed by atoms with Crippen molar-refractivity contribution in [1.29, 1.82) is 0 Å². The van der Waals surface area contributed by atoms with E-state index in [2.05, 4.69) is 15.4 Å². The van der Waals surface area contributed by atoms with E-state index in [4.69, 9.17) is 4.74 Å². The fourth-order valence-electron chi connectivity index (χ4n) is 2.10. The van der Waals surface area contributed by atoms with Crippen molar-refractivity contribution in [2.75, 3.05) is 13.7 Å². The molecule has 25 heavy (non-hydrogen) atoms. The van der Waals surface area contributed by atoms with Crippen LogP contribution in [-0.2, 0) is 19.1 Å². The van der Waals surface area contributed by atoms with Crippen LogP contribution >= 0.6 is 0 Å². The first-order chi connectivity index (χ1) is 11.6. The molecule has 0 aromatic heterocycles. The molecule has 0 heterocycles. The SMILES string of the molecule is COC(=O)C[C@H](NC(=O)CNC(=O)OC(C)(C)C)c1cccc(C)c1. The minimum absolute atomic E-state index is 0.00185. The number of rotatable bonds is 6. The lowest BCUT2D eigenvalue weighted by molar-refractivity contribution is -0.141. The van der Waals surface area contributed by atoms with Crippen molar-refractivity contribution in [3.8, 4) is 0 Å². The van der Waals surface area contributed by atoms with Gasteiger partial charge in [0, 0.05) is 0 Å². The highest BCUT2D eigenvalue weighted by molar-refractivity contribution is 5.83. The monoisotopic (exact) mass is 350 g/mol. The van der Waals surface area contributed by atoms with Gasteiger partial charge < -0.3 is 20.1 Å². The summed E-state index contributed by atoms with van der Waals surface area (Å²) in [4.78, 5) is 35.3. The molecule has 2 N–H and O–H groups in total. The van der Waals surface area contributed by atoms with E-state index in [-0.39, 0.29) is 13.0 Å². The minimum atomic E-state index is -0.678. The molecule has 7 heteroatoms. The van der Waals surface area contributed by atoms with Crippen molar-refractivity contribution < 1.29 is 23.9 Å². The zero-order chi connectivity index (χ0) is 19.0. The summed E-state index contributed by atoms with van der Waals surface area (Å²) in [5, 5.41) is 5.12. The van der Waals surface area contributed by atoms with Crippen molar-refractivity contribution in [3.63, 3.8) is 0 Å². The third-order valence-corrected chi connectivity index (χ3v) is 3.17. The molecule has 2 amide bonds. The number of nitrogens with one attached hydrogen (secondary N) is 2. The number of esters is 1. The first kappa shape index (κ1) is 20.5. The summed E-state index contributed by atoms with van der Waals surface area (Å²) in [6.45, 7) is 6.87. The van der Waals surface area contributed by atoms with Crippen molar-refractivity contribution in [2.45, 2.75) is 45.8 Å². The largest absolute Gasteiger partial charge is 0.469 e. The molecule has 0 radical (unpaired) electrons. The van der Waals surface area contributed by atoms with Crippen molar-refractivity contribution >= 4 is 18.0 Å². The molecule has 0 saturated heterocycles. The number of aryl methyl sites for hydroxylation is 1. The Hall–Kier alpha value is -2.57. The van der Waals surface area contributed by atoms with Gasteiger partial charge in [0.05, 0.1) is 19.6 Å². The minimum Gasteiger partial charge on any atom is -0.469 e. The fourth-order valence-corrected chi connectivity index (χ4v) is 2.10. The fraction of sp³-hybridized carbons (Fsp3) is 0.500. The van der Waals surface area contributed by atoms with E-state index in [9.17, 15) is 14.4 Å². The summed E-state index contributed by atoms with van der Waals surface area (Å²) >= 11 is 0. The number of alkyl carbamates (subject to hydrolysis) is 1. The van der Waals surface area contributed by atoms with Crippen LogP contribution in [0.4, 0.5) is 4.79 Å². The molecule has 1 aromatic rings. The van der Waals surface area contributed by atoms with Crippen LogP contribution in [0.5, 0.6) is 0 Å². The zero-order valence-corrected chi connectivity index (χ0v) is 15.3. The van der Waals surface area contributed by atoms with Gasteiger partial charge in [-0.15, -0.1) is 0 Å². The lowest BCUT2D eigenvalue weighted by atomic mass is 10.0. The Bertz CT molecular complexity index is 622. The maximum Gasteiger partial charge on any atom is 0.408 e. The number of benzene rings is 1. The second-order valence-corrected chi connectivity index (χ2v) is 6.67. The lowest BCUT2D eigenvalue weighted by Gasteiger charge is -2.21. The number of ether oxygens (including phenoxy) is 2. The molecular formula is C18H26N2O5. The Morgan fingerprint density at radius 1 is 1.20 bits per heavy atom. The van der Waals surface area contributed by atoms with Crippen LogP contribution < -0.4 is 10.6 Å². The highest BCUT2D eigenvalue weighted by Crippen LogP contribution is 2.18. The molecule has 0 fully saturated rings. The summed E-state index contributed by atoms with van der Waals surface area (Å²) in [7, 11) is 1.29. The molecule has 138 valence electrons. The number of hydrogen-bond acceptors (Lipinski definition) is 5. The van der Waals surface area contributed by atoms with E-state index in [0.29, 0.717) is 0 Å². The highest BCUT2D eigenvalue weighted by Gasteiger charge is 2.20. The quantitative estimate of drug-likeness (QED) is 0.768. The Labute approximate surface area is 148 Å². The molecular weight excluding hydrogens is 324 g/mol.